The molecule has 0 aliphatic carbocycles. The fourth-order valence-corrected chi connectivity index (χ4v) is 1.36. The summed E-state index contributed by atoms with van der Waals surface area (Å²) in [5.74, 6) is -1.27. The number of carbonyl (C=O) groups is 2. The van der Waals surface area contributed by atoms with E-state index in [1.807, 2.05) is 0 Å². The highest BCUT2D eigenvalue weighted by atomic mass is 16.5. The van der Waals surface area contributed by atoms with Crippen molar-refractivity contribution in [3.63, 3.8) is 0 Å². The van der Waals surface area contributed by atoms with Gasteiger partial charge in [0.1, 0.15) is 6.10 Å². The van der Waals surface area contributed by atoms with Gasteiger partial charge in [-0.3, -0.25) is 4.79 Å². The van der Waals surface area contributed by atoms with Gasteiger partial charge in [-0.25, -0.2) is 4.79 Å². The lowest BCUT2D eigenvalue weighted by Gasteiger charge is -2.11. The van der Waals surface area contributed by atoms with Crippen molar-refractivity contribution in [3.8, 4) is 0 Å². The molecule has 0 spiro atoms. The quantitative estimate of drug-likeness (QED) is 0.659. The molecule has 0 saturated carbocycles. The Morgan fingerprint density at radius 3 is 2.53 bits per heavy atom. The third-order valence-electron chi connectivity index (χ3n) is 2.15. The Morgan fingerprint density at radius 2 is 2.07 bits per heavy atom. The number of carbonyl (C=O) groups excluding carboxylic acids is 1. The van der Waals surface area contributed by atoms with Gasteiger partial charge in [0.2, 0.25) is 5.91 Å². The monoisotopic (exact) mass is 213 g/mol. The fraction of sp³-hybridized carbons (Fsp3) is 0.600. The second-order valence-corrected chi connectivity index (χ2v) is 3.70. The fourth-order valence-electron chi connectivity index (χ4n) is 1.36. The van der Waals surface area contributed by atoms with Crippen LogP contribution in [0.2, 0.25) is 0 Å². The van der Waals surface area contributed by atoms with Gasteiger partial charge in [-0.15, -0.1) is 0 Å². The number of carboxylic acid groups (broad SMARTS) is 1. The standard InChI is InChI=1S/C10H15NO4/c1-6(2)5-11-9(12)7-3-4-8(15-7)10(13)14/h7-8H,1,3-5H2,2H3,(H,11,12)(H,13,14)/t7-,8+/m0/s1. The zero-order chi connectivity index (χ0) is 11.4. The maximum atomic E-state index is 11.4. The minimum Gasteiger partial charge on any atom is -0.479 e. The largest absolute Gasteiger partial charge is 0.479 e. The molecule has 0 aromatic rings. The predicted molar refractivity (Wildman–Crippen MR) is 53.4 cm³/mol. The molecule has 2 N–H and O–H groups in total. The summed E-state index contributed by atoms with van der Waals surface area (Å²) in [5, 5.41) is 11.3. The van der Waals surface area contributed by atoms with Crippen molar-refractivity contribution in [1.29, 1.82) is 0 Å². The van der Waals surface area contributed by atoms with E-state index in [1.165, 1.54) is 0 Å². The lowest BCUT2D eigenvalue weighted by atomic mass is 10.2. The number of aliphatic carboxylic acids is 1. The Bertz CT molecular complexity index is 287. The van der Waals surface area contributed by atoms with Gasteiger partial charge < -0.3 is 15.2 Å². The first-order valence-corrected chi connectivity index (χ1v) is 4.81. The molecule has 1 aliphatic heterocycles. The van der Waals surface area contributed by atoms with Gasteiger partial charge in [-0.05, 0) is 19.8 Å². The highest BCUT2D eigenvalue weighted by Crippen LogP contribution is 2.19. The number of nitrogens with one attached hydrogen (secondary N) is 1. The molecule has 84 valence electrons. The van der Waals surface area contributed by atoms with E-state index < -0.39 is 18.2 Å². The van der Waals surface area contributed by atoms with Crippen molar-refractivity contribution >= 4 is 11.9 Å². The molecule has 0 bridgehead atoms. The van der Waals surface area contributed by atoms with Crippen molar-refractivity contribution in [2.45, 2.75) is 32.0 Å². The van der Waals surface area contributed by atoms with E-state index in [1.54, 1.807) is 6.92 Å². The molecular weight excluding hydrogens is 198 g/mol. The number of ether oxygens (including phenoxy) is 1. The van der Waals surface area contributed by atoms with Crippen LogP contribution in [0.15, 0.2) is 12.2 Å². The number of rotatable bonds is 4. The minimum atomic E-state index is -1.01. The maximum Gasteiger partial charge on any atom is 0.332 e. The van der Waals surface area contributed by atoms with Gasteiger partial charge in [-0.2, -0.15) is 0 Å². The lowest BCUT2D eigenvalue weighted by Crippen LogP contribution is -2.36. The van der Waals surface area contributed by atoms with E-state index in [0.717, 1.165) is 5.57 Å². The van der Waals surface area contributed by atoms with Crippen LogP contribution in [0, 0.1) is 0 Å². The lowest BCUT2D eigenvalue weighted by molar-refractivity contribution is -0.151. The smallest absolute Gasteiger partial charge is 0.332 e. The molecule has 0 aromatic heterocycles. The highest BCUT2D eigenvalue weighted by molar-refractivity contribution is 5.82. The van der Waals surface area contributed by atoms with Gasteiger partial charge in [0.05, 0.1) is 0 Å². The first-order valence-electron chi connectivity index (χ1n) is 4.81. The Morgan fingerprint density at radius 1 is 1.47 bits per heavy atom. The third-order valence-corrected chi connectivity index (χ3v) is 2.15. The van der Waals surface area contributed by atoms with E-state index in [0.29, 0.717) is 19.4 Å². The van der Waals surface area contributed by atoms with Crippen LogP contribution >= 0.6 is 0 Å². The molecule has 5 nitrogen and oxygen atoms in total. The summed E-state index contributed by atoms with van der Waals surface area (Å²) in [6, 6.07) is 0. The molecule has 2 atom stereocenters. The van der Waals surface area contributed by atoms with Gasteiger partial charge in [0, 0.05) is 6.54 Å². The summed E-state index contributed by atoms with van der Waals surface area (Å²) in [4.78, 5) is 22.0. The molecule has 0 radical (unpaired) electrons. The summed E-state index contributed by atoms with van der Waals surface area (Å²) < 4.78 is 5.08. The normalized spacial score (nSPS) is 24.9. The topological polar surface area (TPSA) is 75.6 Å². The number of hydrogen-bond donors (Lipinski definition) is 2. The van der Waals surface area contributed by atoms with Crippen molar-refractivity contribution in [2.75, 3.05) is 6.54 Å². The summed E-state index contributed by atoms with van der Waals surface area (Å²) in [6.45, 7) is 5.85. The summed E-state index contributed by atoms with van der Waals surface area (Å²) >= 11 is 0. The maximum absolute atomic E-state index is 11.4. The van der Waals surface area contributed by atoms with Gasteiger partial charge in [0.15, 0.2) is 6.10 Å². The van der Waals surface area contributed by atoms with E-state index in [4.69, 9.17) is 9.84 Å². The Balaban J connectivity index is 2.36. The molecule has 1 heterocycles. The molecule has 1 aliphatic rings. The van der Waals surface area contributed by atoms with Gasteiger partial charge in [0.25, 0.3) is 0 Å². The minimum absolute atomic E-state index is 0.262. The first-order chi connectivity index (χ1) is 7.00. The number of hydrogen-bond acceptors (Lipinski definition) is 3. The molecule has 1 rings (SSSR count). The Kier molecular flexibility index (Phi) is 3.85. The summed E-state index contributed by atoms with van der Waals surface area (Å²) in [6.07, 6.45) is -0.629. The zero-order valence-electron chi connectivity index (χ0n) is 8.66. The van der Waals surface area contributed by atoms with Crippen LogP contribution in [-0.4, -0.2) is 35.7 Å². The molecule has 1 fully saturated rings. The van der Waals surface area contributed by atoms with Crippen molar-refractivity contribution < 1.29 is 19.4 Å². The van der Waals surface area contributed by atoms with E-state index in [9.17, 15) is 9.59 Å². The molecule has 0 aromatic carbocycles. The van der Waals surface area contributed by atoms with Gasteiger partial charge in [-0.1, -0.05) is 12.2 Å². The van der Waals surface area contributed by atoms with Crippen LogP contribution in [-0.2, 0) is 14.3 Å². The van der Waals surface area contributed by atoms with Crippen LogP contribution in [0.4, 0.5) is 0 Å². The third kappa shape index (κ3) is 3.36. The molecule has 15 heavy (non-hydrogen) atoms. The molecule has 1 saturated heterocycles. The Hall–Kier alpha value is -1.36. The predicted octanol–water partition coefficient (Wildman–Crippen LogP) is 0.311. The van der Waals surface area contributed by atoms with Crippen LogP contribution < -0.4 is 5.32 Å². The first kappa shape index (κ1) is 11.7. The van der Waals surface area contributed by atoms with Crippen molar-refractivity contribution in [3.05, 3.63) is 12.2 Å². The van der Waals surface area contributed by atoms with Crippen LogP contribution in [0.25, 0.3) is 0 Å². The van der Waals surface area contributed by atoms with E-state index in [2.05, 4.69) is 11.9 Å². The second kappa shape index (κ2) is 4.93. The average Bonchev–Trinajstić information content (AvgIpc) is 2.62. The summed E-state index contributed by atoms with van der Waals surface area (Å²) in [5.41, 5.74) is 0.844. The Labute approximate surface area is 88.1 Å². The SMILES string of the molecule is C=C(C)CNC(=O)[C@@H]1CC[C@H](C(=O)O)O1. The number of amides is 1. The van der Waals surface area contributed by atoms with Crippen molar-refractivity contribution in [1.82, 2.24) is 5.32 Å². The highest BCUT2D eigenvalue weighted by Gasteiger charge is 2.34. The molecule has 1 amide bonds. The van der Waals surface area contributed by atoms with E-state index >= 15 is 0 Å². The van der Waals surface area contributed by atoms with Crippen molar-refractivity contribution in [2.24, 2.45) is 0 Å². The van der Waals surface area contributed by atoms with Gasteiger partial charge >= 0.3 is 5.97 Å². The summed E-state index contributed by atoms with van der Waals surface area (Å²) in [7, 11) is 0. The zero-order valence-corrected chi connectivity index (χ0v) is 8.66. The van der Waals surface area contributed by atoms with Crippen LogP contribution in [0.1, 0.15) is 19.8 Å². The van der Waals surface area contributed by atoms with Crippen LogP contribution in [0.5, 0.6) is 0 Å². The number of carboxylic acids is 1. The van der Waals surface area contributed by atoms with E-state index in [-0.39, 0.29) is 5.91 Å². The second-order valence-electron chi connectivity index (χ2n) is 3.70. The molecular formula is C10H15NO4. The molecule has 5 heteroatoms. The molecule has 0 unspecified atom stereocenters. The average molecular weight is 213 g/mol. The van der Waals surface area contributed by atoms with Crippen LogP contribution in [0.3, 0.4) is 0 Å².